The molecular weight excluding hydrogens is 1700 g/mol. The SMILES string of the molecule is C=C(C)C(=O)OC1(OC)CCCC1.C=C(C)C(=O)OC1CCCCO1.C=CC(=O)OC(C)OC1CCCCC1.C=CC(=O)OC(C)OCC(CC)CCCC.C=CC(=O)OC(C)OCCOC(C)=O.C=CC(=O)OC1(OC)CCCC1.C=CC(=O)OC1CCCCO1.CCCCOC(C)OC(=O)/C=C\C(=O)OC.CCCCOC(C)OC(=O)/C=C\C(=O)OC(C)OCCCC. The van der Waals surface area contributed by atoms with Crippen LogP contribution in [0.3, 0.4) is 0 Å². The molecule has 3 aliphatic carbocycles. The van der Waals surface area contributed by atoms with Gasteiger partial charge < -0.3 is 104 Å². The topological polar surface area (TPSA) is 408 Å². The van der Waals surface area contributed by atoms with E-state index in [1.165, 1.54) is 58.6 Å². The summed E-state index contributed by atoms with van der Waals surface area (Å²) < 4.78 is 111. The van der Waals surface area contributed by atoms with Gasteiger partial charge in [0.2, 0.25) is 36.7 Å². The molecule has 5 aliphatic rings. The Hall–Kier alpha value is -9.10. The summed E-state index contributed by atoms with van der Waals surface area (Å²) in [7, 11) is 4.38. The van der Waals surface area contributed by atoms with Crippen molar-refractivity contribution in [3.63, 3.8) is 0 Å². The zero-order valence-electron chi connectivity index (χ0n) is 81.0. The molecule has 0 spiro atoms. The predicted molar refractivity (Wildman–Crippen MR) is 485 cm³/mol. The summed E-state index contributed by atoms with van der Waals surface area (Å²) in [5.41, 5.74) is 0.840. The molecule has 746 valence electrons. The zero-order chi connectivity index (χ0) is 98.9. The highest BCUT2D eigenvalue weighted by molar-refractivity contribution is 5.92. The lowest BCUT2D eigenvalue weighted by atomic mass is 9.98. The van der Waals surface area contributed by atoms with Crippen molar-refractivity contribution in [1.82, 2.24) is 0 Å². The fourth-order valence-electron chi connectivity index (χ4n) is 11.0. The summed E-state index contributed by atoms with van der Waals surface area (Å²) in [6.07, 6.45) is 35.4. The first-order valence-electron chi connectivity index (χ1n) is 45.0. The first kappa shape index (κ1) is 127. The average Bonchev–Trinajstić information content (AvgIpc) is 1.70. The maximum absolute atomic E-state index is 11.5. The highest BCUT2D eigenvalue weighted by atomic mass is 16.8. The summed E-state index contributed by atoms with van der Waals surface area (Å²) in [4.78, 5) is 131. The number of ether oxygens (including phenoxy) is 22. The molecule has 0 aromatic carbocycles. The van der Waals surface area contributed by atoms with Gasteiger partial charge in [-0.25, -0.2) is 52.7 Å². The second kappa shape index (κ2) is 83.0. The molecule has 5 rings (SSSR count). The summed E-state index contributed by atoms with van der Waals surface area (Å²) in [6, 6.07) is 0. The van der Waals surface area contributed by atoms with Crippen LogP contribution in [0.4, 0.5) is 0 Å². The number of carbonyl (C=O) groups is 12. The van der Waals surface area contributed by atoms with Gasteiger partial charge in [0.1, 0.15) is 6.61 Å². The van der Waals surface area contributed by atoms with Crippen molar-refractivity contribution in [2.45, 2.75) is 351 Å². The Labute approximate surface area is 773 Å². The second-order valence-electron chi connectivity index (χ2n) is 29.7. The lowest BCUT2D eigenvalue weighted by Gasteiger charge is -2.27. The van der Waals surface area contributed by atoms with Crippen LogP contribution in [0.2, 0.25) is 0 Å². The molecule has 0 amide bonds. The van der Waals surface area contributed by atoms with Gasteiger partial charge in [-0.3, -0.25) is 4.79 Å². The zero-order valence-corrected chi connectivity index (χ0v) is 81.0. The molecule has 0 aromatic heterocycles. The van der Waals surface area contributed by atoms with Crippen LogP contribution in [0.5, 0.6) is 0 Å². The van der Waals surface area contributed by atoms with Gasteiger partial charge in [-0.2, -0.15) is 0 Å². The van der Waals surface area contributed by atoms with Crippen LogP contribution in [-0.2, 0) is 162 Å². The number of hydrogen-bond donors (Lipinski definition) is 0. The van der Waals surface area contributed by atoms with Gasteiger partial charge in [0, 0.05) is 125 Å². The van der Waals surface area contributed by atoms with E-state index in [9.17, 15) is 57.5 Å². The molecule has 9 unspecified atom stereocenters. The first-order chi connectivity index (χ1) is 61.8. The molecule has 0 aromatic rings. The van der Waals surface area contributed by atoms with E-state index < -0.39 is 103 Å². The van der Waals surface area contributed by atoms with Crippen LogP contribution in [0.25, 0.3) is 0 Å². The van der Waals surface area contributed by atoms with E-state index in [4.69, 9.17) is 90.0 Å². The minimum Gasteiger partial charge on any atom is -0.466 e. The Morgan fingerprint density at radius 3 is 1.08 bits per heavy atom. The lowest BCUT2D eigenvalue weighted by molar-refractivity contribution is -0.215. The van der Waals surface area contributed by atoms with Crippen molar-refractivity contribution in [1.29, 1.82) is 0 Å². The molecule has 0 N–H and O–H groups in total. The third kappa shape index (κ3) is 75.6. The Kier molecular flexibility index (Phi) is 81.2. The van der Waals surface area contributed by atoms with Crippen molar-refractivity contribution in [3.8, 4) is 0 Å². The van der Waals surface area contributed by atoms with Gasteiger partial charge >= 0.3 is 71.6 Å². The summed E-state index contributed by atoms with van der Waals surface area (Å²) in [5, 5.41) is 0. The number of carbonyl (C=O) groups excluding carboxylic acids is 12. The van der Waals surface area contributed by atoms with E-state index >= 15 is 0 Å². The third-order valence-corrected chi connectivity index (χ3v) is 18.3. The Morgan fingerprint density at radius 2 is 0.731 bits per heavy atom. The van der Waals surface area contributed by atoms with Crippen molar-refractivity contribution >= 4 is 71.6 Å². The molecule has 2 aliphatic heterocycles. The molecular formula is C96H158O34. The fourth-order valence-corrected chi connectivity index (χ4v) is 11.0. The molecule has 2 heterocycles. The van der Waals surface area contributed by atoms with Crippen LogP contribution >= 0.6 is 0 Å². The van der Waals surface area contributed by atoms with Crippen LogP contribution in [0, 0.1) is 5.92 Å². The quantitative estimate of drug-likeness (QED) is 0.0179. The van der Waals surface area contributed by atoms with Crippen LogP contribution in [0.15, 0.2) is 112 Å². The van der Waals surface area contributed by atoms with Gasteiger partial charge in [0.15, 0.2) is 25.2 Å². The van der Waals surface area contributed by atoms with E-state index in [0.717, 1.165) is 196 Å². The highest BCUT2D eigenvalue weighted by Gasteiger charge is 2.39. The van der Waals surface area contributed by atoms with E-state index in [0.29, 0.717) is 56.7 Å². The number of methoxy groups -OCH3 is 3. The monoisotopic (exact) mass is 1860 g/mol. The standard InChI is InChI=1S/C16H28O6.C13H24O3.C11H18O5.C11H18O3.C10H16O3.C9H14O5.2C9H14O3.C8H12O3/c1-5-7-11-19-13(3)21-15(17)9-10-16(18)22-14(4)20-12-8-6-2;1-5-8-9-12(6-2)10-15-11(4)16-13(14)7-3;1-4-5-8-15-9(2)16-11(13)7-6-10(12)14-3;1-3-11(12)14-9(2)13-10-7-5-4-6-8-10;1-8(2)9(11)13-10(12-3)6-4-5-7-10;1-4-9(11)14-8(3)13-6-5-12-7(2)10;1-7(2)9(10)12-8-5-3-4-6-11-8;1-3-8(10)12-9(11-2)6-4-5-7-9;1-2-7(9)11-8-5-3-4-6-10-8/h9-10,13-14H,5-8,11-12H2,1-4H3;7,11-12H,3,5-6,8-10H2,1-2,4H3;6-7,9H,4-5,8H2,1-3H3;3,9-10H,1,4-8H2,2H3;1,4-7H2,2-3H3;4,8H,1,5-6H2,2-3H3;8H,1,3-6H2,2H3;3H,1,4-7H2,2H3;2,8H,1,3-6H2/b10-9-;;7-6-;;;;;;. The number of hydrogen-bond acceptors (Lipinski definition) is 34. The minimum atomic E-state index is -0.671. The van der Waals surface area contributed by atoms with E-state index in [2.05, 4.69) is 74.1 Å². The van der Waals surface area contributed by atoms with E-state index in [1.54, 1.807) is 69.6 Å². The summed E-state index contributed by atoms with van der Waals surface area (Å²) in [6.45, 7) is 52.5. The van der Waals surface area contributed by atoms with E-state index in [-0.39, 0.29) is 49.8 Å². The maximum Gasteiger partial charge on any atom is 0.335 e. The minimum absolute atomic E-state index is 0.144. The molecule has 0 bridgehead atoms. The van der Waals surface area contributed by atoms with Crippen molar-refractivity contribution in [3.05, 3.63) is 112 Å². The highest BCUT2D eigenvalue weighted by Crippen LogP contribution is 2.35. The Bertz CT molecular complexity index is 3210. The average molecular weight is 1860 g/mol. The largest absolute Gasteiger partial charge is 0.466 e. The molecule has 2 saturated heterocycles. The maximum atomic E-state index is 11.5. The molecule has 9 atom stereocenters. The van der Waals surface area contributed by atoms with Crippen molar-refractivity contribution in [2.75, 3.05) is 74.2 Å². The molecule has 34 heteroatoms. The Morgan fingerprint density at radius 1 is 0.377 bits per heavy atom. The number of esters is 12. The lowest BCUT2D eigenvalue weighted by Crippen LogP contribution is -2.34. The van der Waals surface area contributed by atoms with Gasteiger partial charge in [-0.05, 0) is 151 Å². The van der Waals surface area contributed by atoms with E-state index in [1.807, 2.05) is 20.8 Å². The Balaban J connectivity index is -0.000000691. The second-order valence-corrected chi connectivity index (χ2v) is 29.7. The third-order valence-electron chi connectivity index (χ3n) is 18.3. The molecule has 0 radical (unpaired) electrons. The van der Waals surface area contributed by atoms with Crippen molar-refractivity contribution < 1.29 is 162 Å². The van der Waals surface area contributed by atoms with Crippen LogP contribution < -0.4 is 0 Å². The predicted octanol–water partition coefficient (Wildman–Crippen LogP) is 17.3. The molecule has 5 fully saturated rings. The molecule has 34 nitrogen and oxygen atoms in total. The van der Waals surface area contributed by atoms with Crippen LogP contribution in [0.1, 0.15) is 283 Å². The molecule has 130 heavy (non-hydrogen) atoms. The van der Waals surface area contributed by atoms with Gasteiger partial charge in [0.25, 0.3) is 0 Å². The normalized spacial score (nSPS) is 17.1. The van der Waals surface area contributed by atoms with Crippen LogP contribution in [-0.4, -0.2) is 214 Å². The van der Waals surface area contributed by atoms with Gasteiger partial charge in [0.05, 0.1) is 59.5 Å². The van der Waals surface area contributed by atoms with Crippen molar-refractivity contribution in [2.24, 2.45) is 5.92 Å². The smallest absolute Gasteiger partial charge is 0.335 e. The summed E-state index contributed by atoms with van der Waals surface area (Å²) >= 11 is 0. The first-order valence-corrected chi connectivity index (χ1v) is 45.0. The summed E-state index contributed by atoms with van der Waals surface area (Å²) in [5.74, 6) is -6.61. The van der Waals surface area contributed by atoms with Gasteiger partial charge in [-0.15, -0.1) is 0 Å². The number of unbranched alkanes of at least 4 members (excludes halogenated alkanes) is 4. The number of rotatable bonds is 48. The fraction of sp³-hybridized carbons (Fsp3) is 0.688. The molecule has 3 saturated carbocycles. The van der Waals surface area contributed by atoms with Gasteiger partial charge in [-0.1, -0.05) is 138 Å².